The van der Waals surface area contributed by atoms with E-state index in [9.17, 15) is 19.2 Å². The average molecular weight is 386 g/mol. The Kier molecular flexibility index (Phi) is 15.2. The number of rotatable bonds is 6. The molecule has 0 aromatic carbocycles. The number of carboxylic acid groups (broad SMARTS) is 2. The van der Waals surface area contributed by atoms with Crippen molar-refractivity contribution in [2.24, 2.45) is 0 Å². The fourth-order valence-electron chi connectivity index (χ4n) is 0.501. The summed E-state index contributed by atoms with van der Waals surface area (Å²) in [6, 6.07) is 0. The molecule has 0 saturated heterocycles. The Balaban J connectivity index is -0.000000308. The van der Waals surface area contributed by atoms with Gasteiger partial charge in [0.1, 0.15) is 0 Å². The quantitative estimate of drug-likeness (QED) is 0.221. The molecule has 12 nitrogen and oxygen atoms in total. The highest BCUT2D eigenvalue weighted by molar-refractivity contribution is 7.45. The Morgan fingerprint density at radius 3 is 1.12 bits per heavy atom. The third-order valence-electron chi connectivity index (χ3n) is 1.35. The lowest BCUT2D eigenvalue weighted by Crippen LogP contribution is -2.12. The zero-order valence-electron chi connectivity index (χ0n) is 13.4. The number of carbonyl (C=O) groups excluding carboxylic acids is 2. The van der Waals surface area contributed by atoms with Crippen LogP contribution in [0.4, 0.5) is 0 Å². The maximum Gasteiger partial charge on any atom is 0.466 e. The van der Waals surface area contributed by atoms with E-state index in [1.807, 2.05) is 0 Å². The van der Waals surface area contributed by atoms with Crippen LogP contribution in [-0.2, 0) is 33.2 Å². The summed E-state index contributed by atoms with van der Waals surface area (Å²) in [4.78, 5) is 62.1. The minimum Gasteiger partial charge on any atom is -0.479 e. The second-order valence-electron chi connectivity index (χ2n) is 4.01. The lowest BCUT2D eigenvalue weighted by atomic mass is 10.4. The molecule has 0 saturated carbocycles. The summed E-state index contributed by atoms with van der Waals surface area (Å²) in [5, 5.41) is 16.1. The molecule has 0 atom stereocenters. The third-order valence-corrected chi connectivity index (χ3v) is 1.35. The Morgan fingerprint density at radius 1 is 0.800 bits per heavy atom. The molecule has 13 heteroatoms. The van der Waals surface area contributed by atoms with E-state index in [1.54, 1.807) is 0 Å². The van der Waals surface area contributed by atoms with Crippen LogP contribution in [0.3, 0.4) is 0 Å². The first kappa shape index (κ1) is 27.3. The van der Waals surface area contributed by atoms with E-state index in [-0.39, 0.29) is 11.1 Å². The van der Waals surface area contributed by atoms with Gasteiger partial charge in [0.2, 0.25) is 0 Å². The van der Waals surface area contributed by atoms with Crippen LogP contribution in [0.15, 0.2) is 24.3 Å². The number of hydrogen-bond acceptors (Lipinski definition) is 7. The molecule has 0 bridgehead atoms. The van der Waals surface area contributed by atoms with E-state index < -0.39 is 44.9 Å². The standard InChI is InChI=1S/2C6H8O4.H3O4P/c2*1-4(2)6(9)10-3-5(7)8;1-5(2,3)4/h2*1,3H2,2H3,(H,7,8);(H3,1,2,3,4). The number of hydrogen-bond donors (Lipinski definition) is 5. The van der Waals surface area contributed by atoms with Gasteiger partial charge in [-0.3, -0.25) is 0 Å². The summed E-state index contributed by atoms with van der Waals surface area (Å²) >= 11 is 0. The van der Waals surface area contributed by atoms with E-state index in [4.69, 9.17) is 29.5 Å². The number of carboxylic acids is 2. The van der Waals surface area contributed by atoms with Crippen LogP contribution < -0.4 is 0 Å². The summed E-state index contributed by atoms with van der Waals surface area (Å²) in [6.45, 7) is 8.22. The largest absolute Gasteiger partial charge is 0.479 e. The van der Waals surface area contributed by atoms with E-state index in [0.717, 1.165) is 0 Å². The normalized spacial score (nSPS) is 9.16. The smallest absolute Gasteiger partial charge is 0.466 e. The van der Waals surface area contributed by atoms with Crippen molar-refractivity contribution < 1.29 is 58.1 Å². The van der Waals surface area contributed by atoms with Gasteiger partial charge in [0.25, 0.3) is 0 Å². The van der Waals surface area contributed by atoms with Gasteiger partial charge < -0.3 is 34.4 Å². The topological polar surface area (TPSA) is 205 Å². The molecule has 144 valence electrons. The second-order valence-corrected chi connectivity index (χ2v) is 5.04. The van der Waals surface area contributed by atoms with Crippen LogP contribution in [0.2, 0.25) is 0 Å². The van der Waals surface area contributed by atoms with Gasteiger partial charge in [-0.25, -0.2) is 23.7 Å². The van der Waals surface area contributed by atoms with Crippen molar-refractivity contribution in [3.63, 3.8) is 0 Å². The van der Waals surface area contributed by atoms with E-state index in [2.05, 4.69) is 22.6 Å². The number of phosphoric acid groups is 1. The predicted octanol–water partition coefficient (Wildman–Crippen LogP) is -0.548. The molecule has 0 rings (SSSR count). The maximum absolute atomic E-state index is 10.5. The monoisotopic (exact) mass is 386 g/mol. The van der Waals surface area contributed by atoms with Crippen LogP contribution >= 0.6 is 7.82 Å². The van der Waals surface area contributed by atoms with Crippen molar-refractivity contribution in [1.82, 2.24) is 0 Å². The molecule has 0 heterocycles. The number of carbonyl (C=O) groups is 4. The average Bonchev–Trinajstić information content (AvgIpc) is 2.40. The summed E-state index contributed by atoms with van der Waals surface area (Å²) < 4.78 is 17.3. The van der Waals surface area contributed by atoms with Crippen molar-refractivity contribution in [3.05, 3.63) is 24.3 Å². The second kappa shape index (κ2) is 13.9. The minimum absolute atomic E-state index is 0.196. The Bertz CT molecular complexity index is 510. The van der Waals surface area contributed by atoms with E-state index >= 15 is 0 Å². The molecule has 0 aliphatic heterocycles. The van der Waals surface area contributed by atoms with Gasteiger partial charge in [-0.2, -0.15) is 0 Å². The molecule has 25 heavy (non-hydrogen) atoms. The highest BCUT2D eigenvalue weighted by Gasteiger charge is 2.05. The molecule has 0 aliphatic rings. The van der Waals surface area contributed by atoms with Gasteiger partial charge in [-0.05, 0) is 13.8 Å². The zero-order valence-corrected chi connectivity index (χ0v) is 14.3. The summed E-state index contributed by atoms with van der Waals surface area (Å²) in [6.07, 6.45) is 0. The molecule has 0 radical (unpaired) electrons. The number of ether oxygens (including phenoxy) is 2. The van der Waals surface area contributed by atoms with Gasteiger partial charge >= 0.3 is 31.7 Å². The first-order chi connectivity index (χ1) is 11.1. The van der Waals surface area contributed by atoms with Gasteiger partial charge in [0, 0.05) is 11.1 Å². The van der Waals surface area contributed by atoms with Crippen molar-refractivity contribution in [1.29, 1.82) is 0 Å². The zero-order chi connectivity index (χ0) is 20.8. The Hall–Kier alpha value is -2.53. The SMILES string of the molecule is C=C(C)C(=O)OCC(=O)O.C=C(C)C(=O)OCC(=O)O.O=P(O)(O)O. The minimum atomic E-state index is -4.64. The molecule has 0 fully saturated rings. The van der Waals surface area contributed by atoms with Crippen LogP contribution in [-0.4, -0.2) is 62.0 Å². The maximum atomic E-state index is 10.5. The van der Waals surface area contributed by atoms with E-state index in [0.29, 0.717) is 0 Å². The van der Waals surface area contributed by atoms with Crippen molar-refractivity contribution >= 4 is 31.7 Å². The molecule has 0 aromatic rings. The first-order valence-electron chi connectivity index (χ1n) is 5.95. The molecule has 0 unspecified atom stereocenters. The summed E-state index contributed by atoms with van der Waals surface area (Å²) in [5.74, 6) is -3.70. The van der Waals surface area contributed by atoms with Crippen LogP contribution in [0.5, 0.6) is 0 Å². The number of aliphatic carboxylic acids is 2. The molecular weight excluding hydrogens is 367 g/mol. The fourth-order valence-corrected chi connectivity index (χ4v) is 0.501. The van der Waals surface area contributed by atoms with Crippen molar-refractivity contribution in [3.8, 4) is 0 Å². The van der Waals surface area contributed by atoms with Gasteiger partial charge in [0.05, 0.1) is 0 Å². The highest BCUT2D eigenvalue weighted by atomic mass is 31.2. The molecule has 0 spiro atoms. The first-order valence-corrected chi connectivity index (χ1v) is 7.51. The van der Waals surface area contributed by atoms with Crippen molar-refractivity contribution in [2.75, 3.05) is 13.2 Å². The molecule has 0 aromatic heterocycles. The number of esters is 2. The molecular formula is C12H19O12P. The van der Waals surface area contributed by atoms with Gasteiger partial charge in [0.15, 0.2) is 13.2 Å². The van der Waals surface area contributed by atoms with Gasteiger partial charge in [-0.1, -0.05) is 13.2 Å². The molecule has 0 aliphatic carbocycles. The Labute approximate surface area is 142 Å². The lowest BCUT2D eigenvalue weighted by molar-refractivity contribution is -0.152. The molecule has 0 amide bonds. The van der Waals surface area contributed by atoms with Crippen LogP contribution in [0.25, 0.3) is 0 Å². The Morgan fingerprint density at radius 2 is 1.00 bits per heavy atom. The van der Waals surface area contributed by atoms with Crippen molar-refractivity contribution in [2.45, 2.75) is 13.8 Å². The van der Waals surface area contributed by atoms with Crippen LogP contribution in [0.1, 0.15) is 13.8 Å². The fraction of sp³-hybridized carbons (Fsp3) is 0.333. The summed E-state index contributed by atoms with van der Waals surface area (Å²) in [5.41, 5.74) is 0.391. The predicted molar refractivity (Wildman–Crippen MR) is 81.1 cm³/mol. The van der Waals surface area contributed by atoms with Crippen LogP contribution in [0, 0.1) is 0 Å². The lowest BCUT2D eigenvalue weighted by Gasteiger charge is -1.98. The van der Waals surface area contributed by atoms with E-state index in [1.165, 1.54) is 13.8 Å². The summed E-state index contributed by atoms with van der Waals surface area (Å²) in [7, 11) is -4.64. The van der Waals surface area contributed by atoms with Gasteiger partial charge in [-0.15, -0.1) is 0 Å². The molecule has 5 N–H and O–H groups in total. The third kappa shape index (κ3) is 34.0. The highest BCUT2D eigenvalue weighted by Crippen LogP contribution is 2.25.